The van der Waals surface area contributed by atoms with Crippen molar-refractivity contribution in [2.75, 3.05) is 6.61 Å². The predicted octanol–water partition coefficient (Wildman–Crippen LogP) is 3.21. The Hall–Kier alpha value is -0.890. The fraction of sp³-hybridized carbons (Fsp3) is 0.615. The third kappa shape index (κ3) is 1.57. The van der Waals surface area contributed by atoms with E-state index in [0.717, 1.165) is 6.61 Å². The third-order valence-corrected chi connectivity index (χ3v) is 3.86. The minimum absolute atomic E-state index is 0.269. The van der Waals surface area contributed by atoms with E-state index >= 15 is 0 Å². The van der Waals surface area contributed by atoms with Gasteiger partial charge in [0, 0.05) is 17.8 Å². The van der Waals surface area contributed by atoms with Gasteiger partial charge in [-0.1, -0.05) is 20.8 Å². The van der Waals surface area contributed by atoms with E-state index in [0.29, 0.717) is 11.3 Å². The molecule has 1 aromatic heterocycles. The minimum atomic E-state index is 0.269. The summed E-state index contributed by atoms with van der Waals surface area (Å²) in [5, 5.41) is 0. The highest BCUT2D eigenvalue weighted by molar-refractivity contribution is 5.20. The molecule has 1 fully saturated rings. The van der Waals surface area contributed by atoms with Gasteiger partial charge < -0.3 is 4.74 Å². The quantitative estimate of drug-likeness (QED) is 0.756. The first kappa shape index (κ1) is 10.6. The summed E-state index contributed by atoms with van der Waals surface area (Å²) in [6.07, 6.45) is 5.14. The summed E-state index contributed by atoms with van der Waals surface area (Å²) in [5.74, 6) is 0.661. The minimum Gasteiger partial charge on any atom is -0.372 e. The molecule has 2 rings (SSSR count). The van der Waals surface area contributed by atoms with Crippen molar-refractivity contribution in [3.63, 3.8) is 0 Å². The average Bonchev–Trinajstić information content (AvgIpc) is 2.18. The van der Waals surface area contributed by atoms with Gasteiger partial charge in [0.15, 0.2) is 0 Å². The second-order valence-corrected chi connectivity index (χ2v) is 4.71. The normalized spacial score (nSPS) is 30.3. The van der Waals surface area contributed by atoms with Crippen molar-refractivity contribution in [3.05, 3.63) is 30.1 Å². The smallest absolute Gasteiger partial charge is 0.0906 e. The maximum atomic E-state index is 5.76. The van der Waals surface area contributed by atoms with Crippen LogP contribution in [0.1, 0.15) is 38.9 Å². The van der Waals surface area contributed by atoms with E-state index in [1.54, 1.807) is 0 Å². The number of hydrogen-bond donors (Lipinski definition) is 0. The SMILES string of the molecule is CCC1(C(C)C)COC1c1ccncc1. The molecule has 0 radical (unpaired) electrons. The van der Waals surface area contributed by atoms with Gasteiger partial charge in [0.1, 0.15) is 0 Å². The highest BCUT2D eigenvalue weighted by Gasteiger charge is 2.49. The number of ether oxygens (including phenoxy) is 1. The van der Waals surface area contributed by atoms with Gasteiger partial charge in [-0.3, -0.25) is 4.98 Å². The van der Waals surface area contributed by atoms with Gasteiger partial charge in [0.05, 0.1) is 12.7 Å². The zero-order chi connectivity index (χ0) is 10.9. The van der Waals surface area contributed by atoms with Gasteiger partial charge in [0.25, 0.3) is 0 Å². The fourth-order valence-electron chi connectivity index (χ4n) is 2.51. The highest BCUT2D eigenvalue weighted by Crippen LogP contribution is 2.53. The topological polar surface area (TPSA) is 22.1 Å². The first-order chi connectivity index (χ1) is 7.20. The lowest BCUT2D eigenvalue weighted by molar-refractivity contribution is -0.215. The third-order valence-electron chi connectivity index (χ3n) is 3.86. The maximum Gasteiger partial charge on any atom is 0.0906 e. The van der Waals surface area contributed by atoms with Crippen LogP contribution in [0.5, 0.6) is 0 Å². The molecule has 2 unspecified atom stereocenters. The molecule has 0 N–H and O–H groups in total. The van der Waals surface area contributed by atoms with Crippen LogP contribution in [-0.4, -0.2) is 11.6 Å². The molecule has 1 aliphatic heterocycles. The van der Waals surface area contributed by atoms with Crippen molar-refractivity contribution in [3.8, 4) is 0 Å². The molecule has 2 heterocycles. The van der Waals surface area contributed by atoms with Crippen LogP contribution in [0, 0.1) is 11.3 Å². The lowest BCUT2D eigenvalue weighted by Crippen LogP contribution is -2.48. The largest absolute Gasteiger partial charge is 0.372 e. The van der Waals surface area contributed by atoms with Crippen molar-refractivity contribution in [1.29, 1.82) is 0 Å². The number of pyridine rings is 1. The van der Waals surface area contributed by atoms with Crippen molar-refractivity contribution < 1.29 is 4.74 Å². The second-order valence-electron chi connectivity index (χ2n) is 4.71. The van der Waals surface area contributed by atoms with Crippen LogP contribution in [0.2, 0.25) is 0 Å². The molecule has 0 bridgehead atoms. The van der Waals surface area contributed by atoms with Gasteiger partial charge >= 0.3 is 0 Å². The fourth-order valence-corrected chi connectivity index (χ4v) is 2.51. The zero-order valence-corrected chi connectivity index (χ0v) is 9.73. The molecule has 0 saturated carbocycles. The van der Waals surface area contributed by atoms with Gasteiger partial charge in [-0.25, -0.2) is 0 Å². The van der Waals surface area contributed by atoms with Crippen LogP contribution in [0.3, 0.4) is 0 Å². The van der Waals surface area contributed by atoms with Crippen LogP contribution < -0.4 is 0 Å². The first-order valence-corrected chi connectivity index (χ1v) is 5.72. The summed E-state index contributed by atoms with van der Waals surface area (Å²) in [5.41, 5.74) is 1.60. The monoisotopic (exact) mass is 205 g/mol. The summed E-state index contributed by atoms with van der Waals surface area (Å²) >= 11 is 0. The summed E-state index contributed by atoms with van der Waals surface area (Å²) < 4.78 is 5.76. The predicted molar refractivity (Wildman–Crippen MR) is 60.5 cm³/mol. The molecule has 1 aromatic rings. The van der Waals surface area contributed by atoms with Crippen LogP contribution in [0.25, 0.3) is 0 Å². The molecule has 1 saturated heterocycles. The lowest BCUT2D eigenvalue weighted by Gasteiger charge is -2.52. The van der Waals surface area contributed by atoms with Gasteiger partial charge in [-0.15, -0.1) is 0 Å². The van der Waals surface area contributed by atoms with Crippen molar-refractivity contribution >= 4 is 0 Å². The molecule has 1 aliphatic rings. The van der Waals surface area contributed by atoms with E-state index in [2.05, 4.69) is 37.9 Å². The van der Waals surface area contributed by atoms with E-state index in [1.807, 2.05) is 12.4 Å². The Kier molecular flexibility index (Phi) is 2.79. The Morgan fingerprint density at radius 1 is 1.47 bits per heavy atom. The molecule has 2 heteroatoms. The van der Waals surface area contributed by atoms with Crippen molar-refractivity contribution in [2.24, 2.45) is 11.3 Å². The summed E-state index contributed by atoms with van der Waals surface area (Å²) in [6, 6.07) is 4.13. The molecule has 2 nitrogen and oxygen atoms in total. The molecule has 0 aliphatic carbocycles. The molecule has 2 atom stereocenters. The van der Waals surface area contributed by atoms with Gasteiger partial charge in [-0.2, -0.15) is 0 Å². The second kappa shape index (κ2) is 3.93. The van der Waals surface area contributed by atoms with Crippen LogP contribution in [0.15, 0.2) is 24.5 Å². The van der Waals surface area contributed by atoms with Crippen LogP contribution in [0.4, 0.5) is 0 Å². The summed E-state index contributed by atoms with van der Waals surface area (Å²) in [7, 11) is 0. The molecular weight excluding hydrogens is 186 g/mol. The maximum absolute atomic E-state index is 5.76. The lowest BCUT2D eigenvalue weighted by atomic mass is 9.66. The van der Waals surface area contributed by atoms with Gasteiger partial charge in [-0.05, 0) is 30.0 Å². The molecule has 0 amide bonds. The molecular formula is C13H19NO. The number of aromatic nitrogens is 1. The molecule has 0 spiro atoms. The van der Waals surface area contributed by atoms with Crippen molar-refractivity contribution in [1.82, 2.24) is 4.98 Å². The first-order valence-electron chi connectivity index (χ1n) is 5.72. The van der Waals surface area contributed by atoms with Crippen LogP contribution in [-0.2, 0) is 4.74 Å². The number of hydrogen-bond acceptors (Lipinski definition) is 2. The van der Waals surface area contributed by atoms with E-state index in [-0.39, 0.29) is 6.10 Å². The van der Waals surface area contributed by atoms with Crippen LogP contribution >= 0.6 is 0 Å². The Labute approximate surface area is 91.7 Å². The Bertz CT molecular complexity index is 319. The standard InChI is InChI=1S/C13H19NO/c1-4-13(10(2)3)9-15-12(13)11-5-7-14-8-6-11/h5-8,10,12H,4,9H2,1-3H3. The molecule has 0 aromatic carbocycles. The molecule has 82 valence electrons. The zero-order valence-electron chi connectivity index (χ0n) is 9.73. The summed E-state index contributed by atoms with van der Waals surface area (Å²) in [6.45, 7) is 7.74. The van der Waals surface area contributed by atoms with E-state index in [4.69, 9.17) is 4.74 Å². The van der Waals surface area contributed by atoms with Gasteiger partial charge in [0.2, 0.25) is 0 Å². The Morgan fingerprint density at radius 2 is 2.13 bits per heavy atom. The Morgan fingerprint density at radius 3 is 2.53 bits per heavy atom. The van der Waals surface area contributed by atoms with E-state index in [9.17, 15) is 0 Å². The number of rotatable bonds is 3. The highest BCUT2D eigenvalue weighted by atomic mass is 16.5. The molecule has 15 heavy (non-hydrogen) atoms. The van der Waals surface area contributed by atoms with E-state index < -0.39 is 0 Å². The average molecular weight is 205 g/mol. The Balaban J connectivity index is 2.25. The number of nitrogens with zero attached hydrogens (tertiary/aromatic N) is 1. The van der Waals surface area contributed by atoms with Crippen molar-refractivity contribution in [2.45, 2.75) is 33.3 Å². The summed E-state index contributed by atoms with van der Waals surface area (Å²) in [4.78, 5) is 4.05. The van der Waals surface area contributed by atoms with E-state index in [1.165, 1.54) is 12.0 Å².